The number of allylic oxidation sites excluding steroid dienone is 3. The van der Waals surface area contributed by atoms with Gasteiger partial charge in [0.2, 0.25) is 5.88 Å². The Morgan fingerprint density at radius 3 is 2.71 bits per heavy atom. The number of hydrazine groups is 1. The van der Waals surface area contributed by atoms with Gasteiger partial charge < -0.3 is 9.15 Å². The Bertz CT molecular complexity index is 655. The number of nitriles is 1. The summed E-state index contributed by atoms with van der Waals surface area (Å²) in [6.45, 7) is 4.60. The van der Waals surface area contributed by atoms with Gasteiger partial charge in [0.15, 0.2) is 9.68 Å². The first-order valence-corrected chi connectivity index (χ1v) is 11.6. The zero-order chi connectivity index (χ0) is 17.5. The van der Waals surface area contributed by atoms with Crippen LogP contribution in [0.4, 0.5) is 0 Å². The summed E-state index contributed by atoms with van der Waals surface area (Å²) in [6, 6.07) is 7.16. The van der Waals surface area contributed by atoms with Gasteiger partial charge in [-0.25, -0.2) is 0 Å². The highest BCUT2D eigenvalue weighted by Crippen LogP contribution is 2.35. The molecular formula is C16H21ClIN3O2Si. The van der Waals surface area contributed by atoms with E-state index in [1.54, 1.807) is 6.26 Å². The van der Waals surface area contributed by atoms with Gasteiger partial charge in [0, 0.05) is 11.1 Å². The Hall–Kier alpha value is -1.11. The first-order chi connectivity index (χ1) is 11.7. The molecule has 8 heteroatoms. The van der Waals surface area contributed by atoms with E-state index in [4.69, 9.17) is 20.8 Å². The van der Waals surface area contributed by atoms with E-state index < -0.39 is 9.68 Å². The highest BCUT2D eigenvalue weighted by Gasteiger charge is 2.32. The molecule has 0 radical (unpaired) electrons. The summed E-state index contributed by atoms with van der Waals surface area (Å²) in [5.41, 5.74) is 2.53. The minimum Gasteiger partial charge on any atom is -0.470 e. The van der Waals surface area contributed by atoms with E-state index in [1.807, 2.05) is 17.1 Å². The maximum absolute atomic E-state index is 9.66. The molecule has 0 unspecified atom stereocenters. The maximum atomic E-state index is 9.66. The molecule has 0 spiro atoms. The molecule has 0 atom stereocenters. The molecule has 2 rings (SSSR count). The van der Waals surface area contributed by atoms with Gasteiger partial charge in [-0.2, -0.15) is 5.26 Å². The van der Waals surface area contributed by atoms with Crippen LogP contribution in [0, 0.1) is 11.3 Å². The molecule has 0 aromatic carbocycles. The van der Waals surface area contributed by atoms with E-state index in [1.165, 1.54) is 0 Å². The number of alkyl halides is 2. The molecule has 5 nitrogen and oxygen atoms in total. The predicted molar refractivity (Wildman–Crippen MR) is 106 cm³/mol. The number of halogens is 2. The minimum atomic E-state index is -0.617. The standard InChI is InChI=1S/C16H21ClIN3O2Si/c1-3-13-14(8-17)15(9-19)20(11-18)21(24-4-2)16(13)23-10-12-6-5-7-22-12/h5-7H,3-4,8,10-11,24H2,1-2H3. The fourth-order valence-electron chi connectivity index (χ4n) is 2.70. The predicted octanol–water partition coefficient (Wildman–Crippen LogP) is 3.88. The van der Waals surface area contributed by atoms with Crippen molar-refractivity contribution in [3.63, 3.8) is 0 Å². The second kappa shape index (κ2) is 9.39. The van der Waals surface area contributed by atoms with E-state index in [2.05, 4.69) is 47.2 Å². The van der Waals surface area contributed by atoms with Gasteiger partial charge in [-0.1, -0.05) is 36.4 Å². The van der Waals surface area contributed by atoms with Crippen LogP contribution < -0.4 is 0 Å². The molecule has 1 aromatic rings. The van der Waals surface area contributed by atoms with Crippen molar-refractivity contribution in [2.45, 2.75) is 32.9 Å². The number of hydrogen-bond acceptors (Lipinski definition) is 5. The summed E-state index contributed by atoms with van der Waals surface area (Å²) in [4.78, 5) is 0. The lowest BCUT2D eigenvalue weighted by molar-refractivity contribution is 0.0392. The van der Waals surface area contributed by atoms with Crippen molar-refractivity contribution in [1.29, 1.82) is 5.26 Å². The Labute approximate surface area is 163 Å². The highest BCUT2D eigenvalue weighted by molar-refractivity contribution is 14.1. The first kappa shape index (κ1) is 19.2. The van der Waals surface area contributed by atoms with Crippen LogP contribution in [0.2, 0.25) is 6.04 Å². The van der Waals surface area contributed by atoms with Gasteiger partial charge >= 0.3 is 0 Å². The van der Waals surface area contributed by atoms with Gasteiger partial charge in [-0.3, -0.25) is 9.68 Å². The Morgan fingerprint density at radius 2 is 2.21 bits per heavy atom. The number of rotatable bonds is 8. The van der Waals surface area contributed by atoms with Gasteiger partial charge in [0.1, 0.15) is 24.1 Å². The molecule has 0 saturated heterocycles. The number of furan rings is 1. The Balaban J connectivity index is 2.45. The van der Waals surface area contributed by atoms with Crippen LogP contribution in [0.15, 0.2) is 45.5 Å². The van der Waals surface area contributed by atoms with E-state index in [0.717, 1.165) is 35.3 Å². The minimum absolute atomic E-state index is 0.300. The van der Waals surface area contributed by atoms with E-state index in [9.17, 15) is 5.26 Å². The van der Waals surface area contributed by atoms with Crippen molar-refractivity contribution < 1.29 is 9.15 Å². The van der Waals surface area contributed by atoms with Crippen LogP contribution in [0.25, 0.3) is 0 Å². The average molecular weight is 478 g/mol. The van der Waals surface area contributed by atoms with Crippen molar-refractivity contribution in [1.82, 2.24) is 9.68 Å². The topological polar surface area (TPSA) is 52.6 Å². The van der Waals surface area contributed by atoms with Crippen LogP contribution in [0.3, 0.4) is 0 Å². The third-order valence-corrected chi connectivity index (χ3v) is 6.18. The van der Waals surface area contributed by atoms with Gasteiger partial charge in [-0.15, -0.1) is 11.6 Å². The van der Waals surface area contributed by atoms with E-state index >= 15 is 0 Å². The maximum Gasteiger partial charge on any atom is 0.203 e. The summed E-state index contributed by atoms with van der Waals surface area (Å²) in [6.07, 6.45) is 2.41. The Kier molecular flexibility index (Phi) is 7.52. The van der Waals surface area contributed by atoms with Gasteiger partial charge in [0.25, 0.3) is 0 Å². The lowest BCUT2D eigenvalue weighted by Gasteiger charge is -2.42. The smallest absolute Gasteiger partial charge is 0.203 e. The van der Waals surface area contributed by atoms with Gasteiger partial charge in [0.05, 0.1) is 16.7 Å². The summed E-state index contributed by atoms with van der Waals surface area (Å²) in [5.74, 6) is 1.90. The molecule has 2 heterocycles. The SMILES string of the molecule is CC[SiH2]N1C(OCc2ccco2)=C(CC)C(CCl)=C(C#N)N1CI. The molecule has 0 amide bonds. The van der Waals surface area contributed by atoms with E-state index in [-0.39, 0.29) is 0 Å². The van der Waals surface area contributed by atoms with Crippen molar-refractivity contribution in [3.8, 4) is 6.07 Å². The van der Waals surface area contributed by atoms with Crippen LogP contribution in [-0.4, -0.2) is 29.8 Å². The largest absolute Gasteiger partial charge is 0.470 e. The summed E-state index contributed by atoms with van der Waals surface area (Å²) in [5, 5.41) is 11.7. The number of ether oxygens (including phenoxy) is 1. The number of nitrogens with zero attached hydrogens (tertiary/aromatic N) is 3. The Morgan fingerprint density at radius 1 is 1.42 bits per heavy atom. The number of hydrogen-bond donors (Lipinski definition) is 0. The van der Waals surface area contributed by atoms with Crippen molar-refractivity contribution in [3.05, 3.63) is 46.9 Å². The molecule has 130 valence electrons. The van der Waals surface area contributed by atoms with Crippen LogP contribution in [-0.2, 0) is 11.3 Å². The van der Waals surface area contributed by atoms with Crippen molar-refractivity contribution in [2.75, 3.05) is 10.4 Å². The summed E-state index contributed by atoms with van der Waals surface area (Å²) < 4.78 is 14.4. The molecule has 0 fully saturated rings. The fourth-order valence-corrected chi connectivity index (χ4v) is 5.50. The molecule has 1 aliphatic rings. The van der Waals surface area contributed by atoms with Crippen molar-refractivity contribution in [2.24, 2.45) is 0 Å². The lowest BCUT2D eigenvalue weighted by Crippen LogP contribution is -2.46. The monoisotopic (exact) mass is 477 g/mol. The van der Waals surface area contributed by atoms with Gasteiger partial charge in [-0.05, 0) is 24.6 Å². The molecule has 0 N–H and O–H groups in total. The summed E-state index contributed by atoms with van der Waals surface area (Å²) in [7, 11) is -0.617. The molecule has 1 aromatic heterocycles. The first-order valence-electron chi connectivity index (χ1n) is 7.90. The average Bonchev–Trinajstić information content (AvgIpc) is 3.12. The van der Waals surface area contributed by atoms with Crippen LogP contribution >= 0.6 is 34.2 Å². The molecular weight excluding hydrogens is 457 g/mol. The van der Waals surface area contributed by atoms with Crippen LogP contribution in [0.5, 0.6) is 0 Å². The second-order valence-corrected chi connectivity index (χ2v) is 8.22. The quantitative estimate of drug-likeness (QED) is 0.246. The zero-order valence-electron chi connectivity index (χ0n) is 13.9. The van der Waals surface area contributed by atoms with Crippen LogP contribution in [0.1, 0.15) is 26.0 Å². The zero-order valence-corrected chi connectivity index (χ0v) is 18.2. The molecule has 24 heavy (non-hydrogen) atoms. The van der Waals surface area contributed by atoms with E-state index in [0.29, 0.717) is 22.7 Å². The molecule has 1 aliphatic heterocycles. The molecule has 0 aliphatic carbocycles. The fraction of sp³-hybridized carbons (Fsp3) is 0.438. The highest BCUT2D eigenvalue weighted by atomic mass is 127. The second-order valence-electron chi connectivity index (χ2n) is 5.22. The molecule has 0 saturated carbocycles. The summed E-state index contributed by atoms with van der Waals surface area (Å²) >= 11 is 8.46. The van der Waals surface area contributed by atoms with Crippen molar-refractivity contribution >= 4 is 43.9 Å². The third-order valence-electron chi connectivity index (χ3n) is 3.77. The lowest BCUT2D eigenvalue weighted by atomic mass is 10.0. The molecule has 0 bridgehead atoms. The third kappa shape index (κ3) is 3.92. The normalized spacial score (nSPS) is 15.6.